The summed E-state index contributed by atoms with van der Waals surface area (Å²) < 4.78 is 13.4. The number of ether oxygens (including phenoxy) is 2. The first kappa shape index (κ1) is 15.5. The summed E-state index contributed by atoms with van der Waals surface area (Å²) in [6.45, 7) is 7.68. The third kappa shape index (κ3) is 3.60. The van der Waals surface area contributed by atoms with E-state index < -0.39 is 0 Å². The Hall–Kier alpha value is 0.1000. The van der Waals surface area contributed by atoms with Crippen molar-refractivity contribution in [2.24, 2.45) is 0 Å². The first-order chi connectivity index (χ1) is 9.24. The van der Waals surface area contributed by atoms with Gasteiger partial charge in [-0.05, 0) is 25.7 Å². The number of nitrogens with zero attached hydrogens (tertiary/aromatic N) is 1. The number of hydrogen-bond donors (Lipinski definition) is 1. The van der Waals surface area contributed by atoms with Gasteiger partial charge in [0.2, 0.25) is 6.54 Å². The zero-order valence-electron chi connectivity index (χ0n) is 11.2. The molecule has 0 amide bonds. The minimum absolute atomic E-state index is 0.147. The van der Waals surface area contributed by atoms with Crippen molar-refractivity contribution in [3.05, 3.63) is 11.4 Å². The molecule has 4 atom stereocenters. The Morgan fingerprint density at radius 1 is 1.32 bits per heavy atom. The second kappa shape index (κ2) is 7.21. The predicted molar refractivity (Wildman–Crippen MR) is 81.4 cm³/mol. The molecule has 0 aromatic heterocycles. The number of alkyl halides is 1. The minimum atomic E-state index is -0.147. The SMILES string of the molecule is [C-]#[N+]CC[C@H]1CC[C@@H]2O[C@@H](CCCO)C[C@]2(CI)O1. The summed E-state index contributed by atoms with van der Waals surface area (Å²) >= 11 is 2.40. The molecule has 5 heteroatoms. The lowest BCUT2D eigenvalue weighted by molar-refractivity contribution is -0.152. The maximum Gasteiger partial charge on any atom is 0.217 e. The van der Waals surface area contributed by atoms with Gasteiger partial charge in [-0.15, -0.1) is 0 Å². The molecule has 2 aliphatic rings. The number of rotatable bonds is 6. The lowest BCUT2D eigenvalue weighted by Gasteiger charge is -2.40. The molecule has 0 saturated carbocycles. The molecule has 0 aliphatic carbocycles. The molecule has 2 heterocycles. The Balaban J connectivity index is 1.95. The molecule has 108 valence electrons. The quantitative estimate of drug-likeness (QED) is 0.438. The Morgan fingerprint density at radius 2 is 2.16 bits per heavy atom. The maximum atomic E-state index is 8.93. The highest BCUT2D eigenvalue weighted by Crippen LogP contribution is 2.44. The second-order valence-corrected chi connectivity index (χ2v) is 6.27. The molecule has 2 fully saturated rings. The van der Waals surface area contributed by atoms with Gasteiger partial charge in [-0.2, -0.15) is 0 Å². The molecule has 0 unspecified atom stereocenters. The molecule has 0 spiro atoms. The molecule has 0 aromatic carbocycles. The number of aliphatic hydroxyl groups is 1. The van der Waals surface area contributed by atoms with Crippen molar-refractivity contribution in [1.82, 2.24) is 0 Å². The lowest BCUT2D eigenvalue weighted by Crippen LogP contribution is -2.49. The molecule has 2 aliphatic heterocycles. The van der Waals surface area contributed by atoms with Gasteiger partial charge < -0.3 is 19.4 Å². The highest BCUT2D eigenvalue weighted by atomic mass is 127. The molecule has 19 heavy (non-hydrogen) atoms. The summed E-state index contributed by atoms with van der Waals surface area (Å²) in [6.07, 6.45) is 6.21. The van der Waals surface area contributed by atoms with Crippen LogP contribution in [0.5, 0.6) is 0 Å². The molecule has 2 rings (SSSR count). The summed E-state index contributed by atoms with van der Waals surface area (Å²) in [7, 11) is 0. The number of hydrogen-bond acceptors (Lipinski definition) is 3. The molecular weight excluding hydrogens is 357 g/mol. The highest BCUT2D eigenvalue weighted by molar-refractivity contribution is 14.1. The Labute approximate surface area is 128 Å². The maximum absolute atomic E-state index is 8.93. The normalized spacial score (nSPS) is 37.8. The van der Waals surface area contributed by atoms with E-state index in [9.17, 15) is 0 Å². The van der Waals surface area contributed by atoms with Gasteiger partial charge in [0.25, 0.3) is 0 Å². The van der Waals surface area contributed by atoms with Crippen LogP contribution in [-0.4, -0.2) is 46.6 Å². The van der Waals surface area contributed by atoms with Crippen molar-refractivity contribution in [3.63, 3.8) is 0 Å². The molecular formula is C14H22INO3. The Bertz CT molecular complexity index is 333. The highest BCUT2D eigenvalue weighted by Gasteiger charge is 2.52. The second-order valence-electron chi connectivity index (χ2n) is 5.50. The molecule has 0 bridgehead atoms. The van der Waals surface area contributed by atoms with Gasteiger partial charge in [0, 0.05) is 23.9 Å². The van der Waals surface area contributed by atoms with Gasteiger partial charge >= 0.3 is 0 Å². The fourth-order valence-corrected chi connectivity index (χ4v) is 4.16. The predicted octanol–water partition coefficient (Wildman–Crippen LogP) is 2.58. The number of halogens is 1. The summed E-state index contributed by atoms with van der Waals surface area (Å²) in [5, 5.41) is 8.93. The number of fused-ring (bicyclic) bond motifs is 1. The van der Waals surface area contributed by atoms with Crippen LogP contribution >= 0.6 is 22.6 Å². The van der Waals surface area contributed by atoms with E-state index in [1.807, 2.05) is 0 Å². The third-order valence-corrected chi connectivity index (χ3v) is 5.43. The summed E-state index contributed by atoms with van der Waals surface area (Å²) in [6, 6.07) is 0. The zero-order valence-corrected chi connectivity index (χ0v) is 13.3. The van der Waals surface area contributed by atoms with Gasteiger partial charge in [0.15, 0.2) is 0 Å². The summed E-state index contributed by atoms with van der Waals surface area (Å²) in [4.78, 5) is 3.43. The first-order valence-corrected chi connectivity index (χ1v) is 8.60. The fraction of sp³-hybridized carbons (Fsp3) is 0.929. The van der Waals surface area contributed by atoms with Crippen molar-refractivity contribution < 1.29 is 14.6 Å². The third-order valence-electron chi connectivity index (χ3n) is 4.14. The minimum Gasteiger partial charge on any atom is -0.396 e. The molecule has 2 saturated heterocycles. The van der Waals surface area contributed by atoms with Crippen LogP contribution in [0.4, 0.5) is 0 Å². The van der Waals surface area contributed by atoms with E-state index in [4.69, 9.17) is 21.2 Å². The van der Waals surface area contributed by atoms with E-state index in [1.54, 1.807) is 0 Å². The van der Waals surface area contributed by atoms with Gasteiger partial charge in [0.05, 0.1) is 18.3 Å². The van der Waals surface area contributed by atoms with Crippen LogP contribution in [-0.2, 0) is 9.47 Å². The largest absolute Gasteiger partial charge is 0.396 e. The first-order valence-electron chi connectivity index (χ1n) is 7.07. The van der Waals surface area contributed by atoms with E-state index in [-0.39, 0.29) is 30.5 Å². The van der Waals surface area contributed by atoms with Crippen molar-refractivity contribution in [3.8, 4) is 0 Å². The van der Waals surface area contributed by atoms with E-state index >= 15 is 0 Å². The molecule has 4 nitrogen and oxygen atoms in total. The van der Waals surface area contributed by atoms with Crippen molar-refractivity contribution in [2.75, 3.05) is 17.6 Å². The van der Waals surface area contributed by atoms with Gasteiger partial charge in [0.1, 0.15) is 5.60 Å². The topological polar surface area (TPSA) is 43.0 Å². The van der Waals surface area contributed by atoms with Crippen molar-refractivity contribution >= 4 is 22.6 Å². The van der Waals surface area contributed by atoms with Crippen LogP contribution in [0.2, 0.25) is 0 Å². The van der Waals surface area contributed by atoms with Crippen LogP contribution in [0, 0.1) is 6.57 Å². The zero-order chi connectivity index (χ0) is 13.7. The number of aliphatic hydroxyl groups excluding tert-OH is 1. The average Bonchev–Trinajstić information content (AvgIpc) is 2.81. The van der Waals surface area contributed by atoms with E-state index in [0.717, 1.165) is 43.0 Å². The fourth-order valence-electron chi connectivity index (χ4n) is 3.18. The lowest BCUT2D eigenvalue weighted by atomic mass is 9.87. The van der Waals surface area contributed by atoms with Crippen LogP contribution in [0.25, 0.3) is 4.85 Å². The van der Waals surface area contributed by atoms with E-state index in [0.29, 0.717) is 6.54 Å². The van der Waals surface area contributed by atoms with E-state index in [2.05, 4.69) is 27.4 Å². The van der Waals surface area contributed by atoms with Crippen molar-refractivity contribution in [2.45, 2.75) is 62.4 Å². The Morgan fingerprint density at radius 3 is 2.84 bits per heavy atom. The van der Waals surface area contributed by atoms with Gasteiger partial charge in [-0.25, -0.2) is 6.57 Å². The van der Waals surface area contributed by atoms with Gasteiger partial charge in [-0.1, -0.05) is 22.6 Å². The van der Waals surface area contributed by atoms with Crippen LogP contribution < -0.4 is 0 Å². The average molecular weight is 379 g/mol. The van der Waals surface area contributed by atoms with E-state index in [1.165, 1.54) is 0 Å². The monoisotopic (exact) mass is 379 g/mol. The van der Waals surface area contributed by atoms with Crippen LogP contribution in [0.1, 0.15) is 38.5 Å². The van der Waals surface area contributed by atoms with Crippen LogP contribution in [0.3, 0.4) is 0 Å². The Kier molecular flexibility index (Phi) is 5.87. The van der Waals surface area contributed by atoms with Crippen molar-refractivity contribution in [1.29, 1.82) is 0 Å². The van der Waals surface area contributed by atoms with Crippen LogP contribution in [0.15, 0.2) is 0 Å². The van der Waals surface area contributed by atoms with Gasteiger partial charge in [-0.3, -0.25) is 0 Å². The molecule has 0 radical (unpaired) electrons. The summed E-state index contributed by atoms with van der Waals surface area (Å²) in [5.41, 5.74) is -0.147. The smallest absolute Gasteiger partial charge is 0.217 e. The molecule has 1 N–H and O–H groups in total. The standard InChI is InChI=1S/C14H22INO3/c1-16-7-6-11-4-5-13-14(10-15,19-11)9-12(18-13)3-2-8-17/h11-13,17H,2-10H2/t11-,12+,13+,14-/m1/s1. The summed E-state index contributed by atoms with van der Waals surface area (Å²) in [5.74, 6) is 0. The molecule has 0 aromatic rings.